The van der Waals surface area contributed by atoms with Crippen LogP contribution < -0.4 is 10.9 Å². The normalized spacial score (nSPS) is 13.1. The second-order valence-electron chi connectivity index (χ2n) is 6.40. The summed E-state index contributed by atoms with van der Waals surface area (Å²) in [7, 11) is 0. The van der Waals surface area contributed by atoms with Gasteiger partial charge in [0.25, 0.3) is 5.56 Å². The molecule has 3 aromatic rings. The van der Waals surface area contributed by atoms with Crippen LogP contribution in [-0.4, -0.2) is 44.0 Å². The Morgan fingerprint density at radius 3 is 2.54 bits per heavy atom. The van der Waals surface area contributed by atoms with E-state index < -0.39 is 6.04 Å². The smallest absolute Gasteiger partial charge is 0.251 e. The van der Waals surface area contributed by atoms with Gasteiger partial charge in [-0.05, 0) is 36.8 Å². The van der Waals surface area contributed by atoms with E-state index in [1.807, 2.05) is 6.92 Å². The summed E-state index contributed by atoms with van der Waals surface area (Å²) in [5, 5.41) is 22.5. The van der Waals surface area contributed by atoms with Crippen molar-refractivity contribution in [1.29, 1.82) is 0 Å². The van der Waals surface area contributed by atoms with E-state index in [1.54, 1.807) is 48.8 Å². The van der Waals surface area contributed by atoms with Crippen molar-refractivity contribution in [2.75, 3.05) is 18.5 Å². The van der Waals surface area contributed by atoms with Crippen molar-refractivity contribution in [3.8, 4) is 11.3 Å². The summed E-state index contributed by atoms with van der Waals surface area (Å²) in [6, 6.07) is 11.3. The second-order valence-corrected chi connectivity index (χ2v) is 6.84. The van der Waals surface area contributed by atoms with Crippen molar-refractivity contribution in [3.63, 3.8) is 0 Å². The third-order valence-electron chi connectivity index (χ3n) is 4.31. The van der Waals surface area contributed by atoms with Crippen molar-refractivity contribution < 1.29 is 10.2 Å². The molecule has 2 heterocycles. The Hall–Kier alpha value is -2.74. The number of aromatic nitrogens is 3. The van der Waals surface area contributed by atoms with Crippen LogP contribution in [0.4, 0.5) is 5.95 Å². The molecule has 7 nitrogen and oxygen atoms in total. The highest BCUT2D eigenvalue weighted by Crippen LogP contribution is 2.21. The van der Waals surface area contributed by atoms with Gasteiger partial charge in [0, 0.05) is 35.1 Å². The molecule has 146 valence electrons. The summed E-state index contributed by atoms with van der Waals surface area (Å²) in [5.41, 5.74) is 1.74. The number of anilines is 1. The summed E-state index contributed by atoms with van der Waals surface area (Å²) < 4.78 is 1.47. The number of nitrogens with one attached hydrogen (secondary N) is 1. The number of benzene rings is 1. The van der Waals surface area contributed by atoms with Gasteiger partial charge in [-0.25, -0.2) is 9.97 Å². The molecular formula is C20H21ClN4O3. The summed E-state index contributed by atoms with van der Waals surface area (Å²) in [4.78, 5) is 21.2. The van der Waals surface area contributed by atoms with E-state index in [0.717, 1.165) is 5.56 Å². The second kappa shape index (κ2) is 8.97. The maximum atomic E-state index is 12.7. The van der Waals surface area contributed by atoms with E-state index in [0.29, 0.717) is 22.2 Å². The van der Waals surface area contributed by atoms with E-state index in [9.17, 15) is 9.90 Å². The Balaban J connectivity index is 1.91. The molecule has 2 aromatic heterocycles. The van der Waals surface area contributed by atoms with Gasteiger partial charge >= 0.3 is 0 Å². The Morgan fingerprint density at radius 1 is 1.14 bits per heavy atom. The zero-order valence-corrected chi connectivity index (χ0v) is 16.0. The highest BCUT2D eigenvalue weighted by molar-refractivity contribution is 6.30. The zero-order chi connectivity index (χ0) is 20.1. The quantitative estimate of drug-likeness (QED) is 0.562. The monoisotopic (exact) mass is 400 g/mol. The van der Waals surface area contributed by atoms with Crippen molar-refractivity contribution >= 4 is 17.5 Å². The Morgan fingerprint density at radius 2 is 1.89 bits per heavy atom. The number of nitrogens with zero attached hydrogens (tertiary/aromatic N) is 3. The van der Waals surface area contributed by atoms with Crippen LogP contribution in [0.5, 0.6) is 0 Å². The molecule has 0 aliphatic carbocycles. The van der Waals surface area contributed by atoms with Crippen molar-refractivity contribution in [1.82, 2.24) is 14.5 Å². The van der Waals surface area contributed by atoms with Gasteiger partial charge in [0.05, 0.1) is 24.9 Å². The van der Waals surface area contributed by atoms with Gasteiger partial charge in [-0.1, -0.05) is 23.7 Å². The highest BCUT2D eigenvalue weighted by atomic mass is 35.5. The molecule has 0 saturated heterocycles. The van der Waals surface area contributed by atoms with Crippen LogP contribution in [0.15, 0.2) is 59.7 Å². The molecule has 3 rings (SSSR count). The maximum Gasteiger partial charge on any atom is 0.251 e. The first-order chi connectivity index (χ1) is 13.5. The number of hydrogen-bond acceptors (Lipinski definition) is 6. The average molecular weight is 401 g/mol. The minimum atomic E-state index is -0.508. The zero-order valence-electron chi connectivity index (χ0n) is 15.3. The molecule has 0 fully saturated rings. The first-order valence-corrected chi connectivity index (χ1v) is 9.19. The van der Waals surface area contributed by atoms with E-state index >= 15 is 0 Å². The summed E-state index contributed by atoms with van der Waals surface area (Å²) >= 11 is 5.92. The summed E-state index contributed by atoms with van der Waals surface area (Å²) in [6.45, 7) is 1.54. The molecular weight excluding hydrogens is 380 g/mol. The Kier molecular flexibility index (Phi) is 6.41. The standard InChI is InChI=1S/C20H21ClN4O3/c1-13(11-26)23-20-22-8-6-17(24-20)15-7-9-25(19(28)10-15)18(12-27)14-2-4-16(21)5-3-14/h2-10,13,18,26-27H,11-12H2,1H3,(H,22,23,24)/t13-,18?/m0/s1. The van der Waals surface area contributed by atoms with Crippen LogP contribution in [0.3, 0.4) is 0 Å². The first-order valence-electron chi connectivity index (χ1n) is 8.81. The van der Waals surface area contributed by atoms with Crippen LogP contribution in [-0.2, 0) is 0 Å². The van der Waals surface area contributed by atoms with Gasteiger partial charge in [0.15, 0.2) is 0 Å². The van der Waals surface area contributed by atoms with Gasteiger partial charge < -0.3 is 20.1 Å². The largest absolute Gasteiger partial charge is 0.394 e. The molecule has 0 spiro atoms. The van der Waals surface area contributed by atoms with Crippen molar-refractivity contribution in [2.24, 2.45) is 0 Å². The first kappa shape index (κ1) is 20.0. The van der Waals surface area contributed by atoms with Gasteiger partial charge in [-0.2, -0.15) is 0 Å². The highest BCUT2D eigenvalue weighted by Gasteiger charge is 2.15. The van der Waals surface area contributed by atoms with Crippen molar-refractivity contribution in [3.05, 3.63) is 75.8 Å². The van der Waals surface area contributed by atoms with E-state index in [1.165, 1.54) is 10.6 Å². The number of aliphatic hydroxyl groups excluding tert-OH is 2. The third-order valence-corrected chi connectivity index (χ3v) is 4.56. The maximum absolute atomic E-state index is 12.7. The van der Waals surface area contributed by atoms with E-state index in [2.05, 4.69) is 15.3 Å². The van der Waals surface area contributed by atoms with Crippen molar-refractivity contribution in [2.45, 2.75) is 19.0 Å². The lowest BCUT2D eigenvalue weighted by Crippen LogP contribution is -2.26. The Labute approximate surface area is 167 Å². The molecule has 0 aliphatic rings. The number of pyridine rings is 1. The van der Waals surface area contributed by atoms with Gasteiger partial charge in [-0.3, -0.25) is 4.79 Å². The molecule has 0 amide bonds. The minimum Gasteiger partial charge on any atom is -0.394 e. The Bertz CT molecular complexity index is 991. The molecule has 0 saturated carbocycles. The minimum absolute atomic E-state index is 0.0448. The fourth-order valence-electron chi connectivity index (χ4n) is 2.80. The molecule has 8 heteroatoms. The number of rotatable bonds is 7. The summed E-state index contributed by atoms with van der Waals surface area (Å²) in [6.07, 6.45) is 3.23. The van der Waals surface area contributed by atoms with Crippen LogP contribution in [0.25, 0.3) is 11.3 Å². The van der Waals surface area contributed by atoms with Crippen LogP contribution in [0, 0.1) is 0 Å². The lowest BCUT2D eigenvalue weighted by atomic mass is 10.1. The molecule has 0 aliphatic heterocycles. The van der Waals surface area contributed by atoms with Crippen LogP contribution >= 0.6 is 11.6 Å². The predicted molar refractivity (Wildman–Crippen MR) is 109 cm³/mol. The average Bonchev–Trinajstić information content (AvgIpc) is 2.71. The SMILES string of the molecule is C[C@@H](CO)Nc1nccc(-c2ccn(C(CO)c3ccc(Cl)cc3)c(=O)c2)n1. The molecule has 2 atom stereocenters. The number of aliphatic hydroxyl groups is 2. The summed E-state index contributed by atoms with van der Waals surface area (Å²) in [5.74, 6) is 0.373. The predicted octanol–water partition coefficient (Wildman–Crippen LogP) is 2.33. The van der Waals surface area contributed by atoms with Crippen LogP contribution in [0.1, 0.15) is 18.5 Å². The number of hydrogen-bond donors (Lipinski definition) is 3. The molecule has 1 aromatic carbocycles. The lowest BCUT2D eigenvalue weighted by Gasteiger charge is -2.18. The van der Waals surface area contributed by atoms with Gasteiger partial charge in [0.1, 0.15) is 0 Å². The number of halogens is 1. The fourth-order valence-corrected chi connectivity index (χ4v) is 2.93. The van der Waals surface area contributed by atoms with Crippen LogP contribution in [0.2, 0.25) is 5.02 Å². The van der Waals surface area contributed by atoms with Gasteiger partial charge in [-0.15, -0.1) is 0 Å². The van der Waals surface area contributed by atoms with E-state index in [4.69, 9.17) is 16.7 Å². The van der Waals surface area contributed by atoms with E-state index in [-0.39, 0.29) is 24.8 Å². The topological polar surface area (TPSA) is 100 Å². The molecule has 0 bridgehead atoms. The molecule has 3 N–H and O–H groups in total. The molecule has 28 heavy (non-hydrogen) atoms. The fraction of sp³-hybridized carbons (Fsp3) is 0.250. The lowest BCUT2D eigenvalue weighted by molar-refractivity contribution is 0.247. The third kappa shape index (κ3) is 4.56. The van der Waals surface area contributed by atoms with Gasteiger partial charge in [0.2, 0.25) is 5.95 Å². The molecule has 0 radical (unpaired) electrons. The molecule has 1 unspecified atom stereocenters.